The molecule has 2 fully saturated rings. The first-order valence-electron chi connectivity index (χ1n) is 5.50. The van der Waals surface area contributed by atoms with Crippen molar-refractivity contribution >= 4 is 43.5 Å². The third-order valence-corrected chi connectivity index (χ3v) is 8.40. The summed E-state index contributed by atoms with van der Waals surface area (Å²) in [5.74, 6) is 1.10. The highest BCUT2D eigenvalue weighted by Crippen LogP contribution is 2.87. The second kappa shape index (κ2) is 2.86. The fourth-order valence-corrected chi connectivity index (χ4v) is 6.73. The highest BCUT2D eigenvalue weighted by Gasteiger charge is 2.86. The molecule has 0 saturated heterocycles. The molecule has 1 heterocycles. The van der Waals surface area contributed by atoms with Crippen LogP contribution in [0.1, 0.15) is 29.5 Å². The number of rotatable bonds is 1. The van der Waals surface area contributed by atoms with E-state index < -0.39 is 0 Å². The Kier molecular flexibility index (Phi) is 1.85. The summed E-state index contributed by atoms with van der Waals surface area (Å²) in [6.45, 7) is 0. The summed E-state index contributed by atoms with van der Waals surface area (Å²) in [4.78, 5) is 4.55. The first kappa shape index (κ1) is 10.3. The van der Waals surface area contributed by atoms with Crippen LogP contribution < -0.4 is 0 Å². The van der Waals surface area contributed by atoms with Crippen LogP contribution in [0.15, 0.2) is 18.3 Å². The van der Waals surface area contributed by atoms with Gasteiger partial charge in [-0.3, -0.25) is 4.98 Å². The van der Waals surface area contributed by atoms with E-state index in [-0.39, 0.29) is 15.1 Å². The van der Waals surface area contributed by atoms with Gasteiger partial charge in [-0.1, -0.05) is 37.9 Å². The molecule has 84 valence electrons. The van der Waals surface area contributed by atoms with Crippen LogP contribution in [0.3, 0.4) is 0 Å². The predicted molar refractivity (Wildman–Crippen MR) is 71.9 cm³/mol. The molecule has 5 atom stereocenters. The highest BCUT2D eigenvalue weighted by atomic mass is 79.9. The third-order valence-electron chi connectivity index (χ3n) is 4.79. The van der Waals surface area contributed by atoms with Crippen molar-refractivity contribution in [3.05, 3.63) is 29.6 Å². The first-order valence-corrected chi connectivity index (χ1v) is 7.85. The molecule has 0 radical (unpaired) electrons. The van der Waals surface area contributed by atoms with Gasteiger partial charge in [0, 0.05) is 32.9 Å². The van der Waals surface area contributed by atoms with Crippen LogP contribution in [0.25, 0.3) is 0 Å². The van der Waals surface area contributed by atoms with Crippen molar-refractivity contribution < 1.29 is 0 Å². The zero-order valence-corrected chi connectivity index (χ0v) is 12.4. The number of hydrogen-bond acceptors (Lipinski definition) is 1. The summed E-state index contributed by atoms with van der Waals surface area (Å²) in [6, 6.07) is 4.27. The average Bonchev–Trinajstić information content (AvgIpc) is 2.86. The van der Waals surface area contributed by atoms with Gasteiger partial charge in [0.1, 0.15) is 0 Å². The van der Waals surface area contributed by atoms with Crippen molar-refractivity contribution in [2.75, 3.05) is 5.33 Å². The molecular weight excluding hydrogens is 353 g/mol. The Morgan fingerprint density at radius 3 is 3.12 bits per heavy atom. The molecule has 1 spiro atoms. The maximum atomic E-state index is 6.54. The van der Waals surface area contributed by atoms with Crippen LogP contribution in [0.2, 0.25) is 0 Å². The minimum atomic E-state index is 0.183. The number of nitrogens with zero attached hydrogens (tertiary/aromatic N) is 1. The lowest BCUT2D eigenvalue weighted by atomic mass is 9.61. The van der Waals surface area contributed by atoms with E-state index >= 15 is 0 Å². The van der Waals surface area contributed by atoms with Crippen molar-refractivity contribution in [3.63, 3.8) is 0 Å². The third kappa shape index (κ3) is 0.813. The fourth-order valence-electron chi connectivity index (χ4n) is 4.04. The molecule has 0 amide bonds. The topological polar surface area (TPSA) is 12.9 Å². The van der Waals surface area contributed by atoms with Gasteiger partial charge in [0.25, 0.3) is 0 Å². The van der Waals surface area contributed by atoms with Crippen LogP contribution in [-0.4, -0.2) is 20.0 Å². The van der Waals surface area contributed by atoms with E-state index in [0.717, 1.165) is 5.33 Å². The van der Waals surface area contributed by atoms with Crippen molar-refractivity contribution in [1.82, 2.24) is 4.98 Å². The molecule has 3 aliphatic rings. The largest absolute Gasteiger partial charge is 0.261 e. The summed E-state index contributed by atoms with van der Waals surface area (Å²) in [5.41, 5.74) is 2.95. The van der Waals surface area contributed by atoms with Crippen molar-refractivity contribution in [1.29, 1.82) is 0 Å². The molecule has 0 N–H and O–H groups in total. The lowest BCUT2D eigenvalue weighted by Gasteiger charge is -2.51. The summed E-state index contributed by atoms with van der Waals surface area (Å²) in [5, 5.41) is 1.25. The van der Waals surface area contributed by atoms with Gasteiger partial charge >= 0.3 is 0 Å². The van der Waals surface area contributed by atoms with Crippen LogP contribution in [0.5, 0.6) is 0 Å². The molecule has 0 aromatic carbocycles. The number of aromatic nitrogens is 1. The van der Waals surface area contributed by atoms with Gasteiger partial charge in [0.2, 0.25) is 0 Å². The predicted octanol–water partition coefficient (Wildman–Crippen LogP) is 3.80. The average molecular weight is 363 g/mol. The number of halogens is 3. The minimum Gasteiger partial charge on any atom is -0.261 e. The van der Waals surface area contributed by atoms with E-state index in [9.17, 15) is 0 Å². The molecule has 1 aromatic rings. The molecule has 16 heavy (non-hydrogen) atoms. The van der Waals surface area contributed by atoms with Gasteiger partial charge in [0.15, 0.2) is 0 Å². The van der Waals surface area contributed by atoms with Crippen molar-refractivity contribution in [2.45, 2.75) is 28.0 Å². The Morgan fingerprint density at radius 2 is 2.38 bits per heavy atom. The molecule has 0 aliphatic heterocycles. The Labute approximate surface area is 116 Å². The molecule has 4 rings (SSSR count). The molecule has 4 heteroatoms. The SMILES string of the molecule is Cl[C@@H]1[C@@H]2c3ncccc3[C@H]3C[C@@](Br)(CBr)[C@@]312. The summed E-state index contributed by atoms with van der Waals surface area (Å²) >= 11 is 14.1. The Morgan fingerprint density at radius 1 is 1.56 bits per heavy atom. The molecule has 3 aliphatic carbocycles. The Hall–Kier alpha value is 0.400. The fraction of sp³-hybridized carbons (Fsp3) is 0.583. The molecule has 0 unspecified atom stereocenters. The monoisotopic (exact) mass is 361 g/mol. The van der Waals surface area contributed by atoms with Crippen molar-refractivity contribution in [2.24, 2.45) is 5.41 Å². The lowest BCUT2D eigenvalue weighted by Crippen LogP contribution is -2.52. The molecule has 1 aromatic heterocycles. The summed E-state index contributed by atoms with van der Waals surface area (Å²) in [7, 11) is 0. The van der Waals surface area contributed by atoms with Crippen molar-refractivity contribution in [3.8, 4) is 0 Å². The number of alkyl halides is 3. The second-order valence-corrected chi connectivity index (χ2v) is 7.69. The highest BCUT2D eigenvalue weighted by molar-refractivity contribution is 9.12. The summed E-state index contributed by atoms with van der Waals surface area (Å²) < 4.78 is 0.183. The van der Waals surface area contributed by atoms with Crippen LogP contribution in [-0.2, 0) is 0 Å². The number of hydrogen-bond donors (Lipinski definition) is 0. The normalized spacial score (nSPS) is 51.3. The maximum Gasteiger partial charge on any atom is 0.0509 e. The number of fused-ring (bicyclic) bond motifs is 3. The van der Waals surface area contributed by atoms with Crippen LogP contribution >= 0.6 is 43.5 Å². The van der Waals surface area contributed by atoms with Crippen LogP contribution in [0.4, 0.5) is 0 Å². The Balaban J connectivity index is 1.89. The van der Waals surface area contributed by atoms with E-state index in [0.29, 0.717) is 11.8 Å². The standard InChI is InChI=1S/C12H10Br2ClN/c13-5-11(14)4-7-6-2-1-3-16-9(6)8-10(15)12(7,8)11/h1-3,7-8,10H,4-5H2/t7-,8+,10-,11-,12-/m1/s1. The van der Waals surface area contributed by atoms with Gasteiger partial charge in [-0.25, -0.2) is 0 Å². The van der Waals surface area contributed by atoms with E-state index in [1.165, 1.54) is 17.7 Å². The zero-order chi connectivity index (χ0) is 11.1. The minimum absolute atomic E-state index is 0.183. The van der Waals surface area contributed by atoms with Gasteiger partial charge < -0.3 is 0 Å². The van der Waals surface area contributed by atoms with E-state index in [4.69, 9.17) is 11.6 Å². The van der Waals surface area contributed by atoms with Gasteiger partial charge in [-0.2, -0.15) is 0 Å². The van der Waals surface area contributed by atoms with Gasteiger partial charge in [0.05, 0.1) is 5.38 Å². The maximum absolute atomic E-state index is 6.54. The Bertz CT molecular complexity index is 490. The molecular formula is C12H10Br2ClN. The van der Waals surface area contributed by atoms with E-state index in [1.807, 2.05) is 12.3 Å². The molecule has 2 saturated carbocycles. The second-order valence-electron chi connectivity index (χ2n) is 5.15. The summed E-state index contributed by atoms with van der Waals surface area (Å²) in [6.07, 6.45) is 3.07. The van der Waals surface area contributed by atoms with E-state index in [1.54, 1.807) is 0 Å². The van der Waals surface area contributed by atoms with Crippen LogP contribution in [0, 0.1) is 5.41 Å². The van der Waals surface area contributed by atoms with Gasteiger partial charge in [-0.15, -0.1) is 11.6 Å². The molecule has 1 nitrogen and oxygen atoms in total. The first-order chi connectivity index (χ1) is 7.67. The zero-order valence-electron chi connectivity index (χ0n) is 8.46. The number of pyridine rings is 1. The lowest BCUT2D eigenvalue weighted by molar-refractivity contribution is 0.177. The van der Waals surface area contributed by atoms with Gasteiger partial charge in [-0.05, 0) is 24.0 Å². The smallest absolute Gasteiger partial charge is 0.0509 e. The molecule has 0 bridgehead atoms. The van der Waals surface area contributed by atoms with E-state index in [2.05, 4.69) is 42.9 Å². The quantitative estimate of drug-likeness (QED) is 0.692.